The second kappa shape index (κ2) is 9.88. The number of carbonyl (C=O) groups is 2. The first kappa shape index (κ1) is 21.4. The summed E-state index contributed by atoms with van der Waals surface area (Å²) in [5.41, 5.74) is 3.42. The predicted molar refractivity (Wildman–Crippen MR) is 116 cm³/mol. The lowest BCUT2D eigenvalue weighted by atomic mass is 10.0. The number of anilines is 1. The first-order valence-electron chi connectivity index (χ1n) is 9.68. The maximum absolute atomic E-state index is 13.3. The lowest BCUT2D eigenvalue weighted by molar-refractivity contribution is -0.120. The average molecular weight is 379 g/mol. The molecular formula is C24H30N2O2. The lowest BCUT2D eigenvalue weighted by Gasteiger charge is -2.28. The number of benzene rings is 2. The van der Waals surface area contributed by atoms with Crippen LogP contribution in [0.4, 0.5) is 5.69 Å². The van der Waals surface area contributed by atoms with E-state index in [9.17, 15) is 9.59 Å². The monoisotopic (exact) mass is 378 g/mol. The Morgan fingerprint density at radius 3 is 2.21 bits per heavy atom. The van der Waals surface area contributed by atoms with Crippen molar-refractivity contribution in [3.8, 4) is 0 Å². The maximum atomic E-state index is 13.3. The molecule has 0 aliphatic heterocycles. The fourth-order valence-electron chi connectivity index (χ4n) is 3.29. The van der Waals surface area contributed by atoms with Crippen LogP contribution in [0.15, 0.2) is 61.2 Å². The molecule has 0 aliphatic carbocycles. The zero-order chi connectivity index (χ0) is 20.7. The molecule has 148 valence electrons. The average Bonchev–Trinajstić information content (AvgIpc) is 2.64. The van der Waals surface area contributed by atoms with Crippen molar-refractivity contribution in [3.05, 3.63) is 77.9 Å². The van der Waals surface area contributed by atoms with Crippen molar-refractivity contribution >= 4 is 17.5 Å². The van der Waals surface area contributed by atoms with E-state index in [0.29, 0.717) is 18.5 Å². The molecule has 0 aromatic heterocycles. The maximum Gasteiger partial charge on any atom is 0.251 e. The van der Waals surface area contributed by atoms with E-state index in [1.807, 2.05) is 76.2 Å². The van der Waals surface area contributed by atoms with Gasteiger partial charge in [-0.05, 0) is 50.5 Å². The number of hydrogen-bond acceptors (Lipinski definition) is 2. The molecule has 0 bridgehead atoms. The molecule has 1 N–H and O–H groups in total. The van der Waals surface area contributed by atoms with Crippen molar-refractivity contribution in [2.24, 2.45) is 5.92 Å². The number of aryl methyl sites for hydroxylation is 2. The van der Waals surface area contributed by atoms with Gasteiger partial charge in [0.1, 0.15) is 6.04 Å². The van der Waals surface area contributed by atoms with Crippen molar-refractivity contribution < 1.29 is 9.59 Å². The summed E-state index contributed by atoms with van der Waals surface area (Å²) in [5, 5.41) is 2.96. The molecule has 0 fully saturated rings. The third-order valence-corrected chi connectivity index (χ3v) is 4.44. The standard InChI is InChI=1S/C24H30N2O2/c1-6-12-26(21-10-8-7-9-11-21)24(28)22(13-17(2)3)25-23(27)20-15-18(4)14-19(5)16-20/h6-11,14-17,22H,1,12-13H2,2-5H3,(H,25,27)/t22-/m0/s1. The van der Waals surface area contributed by atoms with Gasteiger partial charge in [0, 0.05) is 17.8 Å². The molecule has 0 radical (unpaired) electrons. The molecule has 1 atom stereocenters. The van der Waals surface area contributed by atoms with Crippen molar-refractivity contribution in [1.82, 2.24) is 5.32 Å². The summed E-state index contributed by atoms with van der Waals surface area (Å²) in [6.45, 7) is 12.2. The van der Waals surface area contributed by atoms with E-state index >= 15 is 0 Å². The molecular weight excluding hydrogens is 348 g/mol. The Morgan fingerprint density at radius 1 is 1.07 bits per heavy atom. The number of rotatable bonds is 8. The Balaban J connectivity index is 2.29. The van der Waals surface area contributed by atoms with E-state index < -0.39 is 6.04 Å². The lowest BCUT2D eigenvalue weighted by Crippen LogP contribution is -2.49. The number of hydrogen-bond donors (Lipinski definition) is 1. The summed E-state index contributed by atoms with van der Waals surface area (Å²) in [5.74, 6) is -0.0928. The zero-order valence-electron chi connectivity index (χ0n) is 17.2. The Kier molecular flexibility index (Phi) is 7.56. The van der Waals surface area contributed by atoms with Crippen LogP contribution in [0.2, 0.25) is 0 Å². The number of amides is 2. The number of nitrogens with one attached hydrogen (secondary N) is 1. The van der Waals surface area contributed by atoms with Crippen LogP contribution in [0.25, 0.3) is 0 Å². The van der Waals surface area contributed by atoms with Gasteiger partial charge in [0.05, 0.1) is 0 Å². The first-order chi connectivity index (χ1) is 13.3. The van der Waals surface area contributed by atoms with Gasteiger partial charge < -0.3 is 10.2 Å². The van der Waals surface area contributed by atoms with Crippen LogP contribution in [-0.2, 0) is 4.79 Å². The molecule has 2 aromatic rings. The fourth-order valence-corrected chi connectivity index (χ4v) is 3.29. The van der Waals surface area contributed by atoms with Gasteiger partial charge in [-0.2, -0.15) is 0 Å². The molecule has 28 heavy (non-hydrogen) atoms. The van der Waals surface area contributed by atoms with Crippen molar-refractivity contribution in [1.29, 1.82) is 0 Å². The topological polar surface area (TPSA) is 49.4 Å². The van der Waals surface area contributed by atoms with Gasteiger partial charge in [0.25, 0.3) is 5.91 Å². The first-order valence-corrected chi connectivity index (χ1v) is 9.68. The van der Waals surface area contributed by atoms with Crippen LogP contribution < -0.4 is 10.2 Å². The van der Waals surface area contributed by atoms with Gasteiger partial charge in [-0.15, -0.1) is 6.58 Å². The second-order valence-corrected chi connectivity index (χ2v) is 7.61. The van der Waals surface area contributed by atoms with Gasteiger partial charge in [0.15, 0.2) is 0 Å². The normalized spacial score (nSPS) is 11.8. The summed E-state index contributed by atoms with van der Waals surface area (Å²) < 4.78 is 0. The molecule has 4 heteroatoms. The van der Waals surface area contributed by atoms with Crippen molar-refractivity contribution in [3.63, 3.8) is 0 Å². The Labute approximate surface area is 168 Å². The molecule has 0 heterocycles. The van der Waals surface area contributed by atoms with Crippen LogP contribution in [0.1, 0.15) is 41.8 Å². The molecule has 0 spiro atoms. The zero-order valence-corrected chi connectivity index (χ0v) is 17.2. The van der Waals surface area contributed by atoms with Gasteiger partial charge >= 0.3 is 0 Å². The smallest absolute Gasteiger partial charge is 0.251 e. The van der Waals surface area contributed by atoms with E-state index in [4.69, 9.17) is 0 Å². The van der Waals surface area contributed by atoms with Crippen molar-refractivity contribution in [2.45, 2.75) is 40.2 Å². The highest BCUT2D eigenvalue weighted by Gasteiger charge is 2.27. The Hall–Kier alpha value is -2.88. The summed E-state index contributed by atoms with van der Waals surface area (Å²) in [6, 6.07) is 14.6. The number of nitrogens with zero attached hydrogens (tertiary/aromatic N) is 1. The molecule has 2 amide bonds. The number of carbonyl (C=O) groups excluding carboxylic acids is 2. The van der Waals surface area contributed by atoms with Gasteiger partial charge in [0.2, 0.25) is 5.91 Å². The minimum Gasteiger partial charge on any atom is -0.340 e. The summed E-state index contributed by atoms with van der Waals surface area (Å²) >= 11 is 0. The van der Waals surface area contributed by atoms with E-state index in [1.165, 1.54) is 0 Å². The number of para-hydroxylation sites is 1. The van der Waals surface area contributed by atoms with Gasteiger partial charge in [-0.1, -0.05) is 55.3 Å². The SMILES string of the molecule is C=CCN(C(=O)[C@H](CC(C)C)NC(=O)c1cc(C)cc(C)c1)c1ccccc1. The molecule has 0 unspecified atom stereocenters. The molecule has 0 saturated heterocycles. The summed E-state index contributed by atoms with van der Waals surface area (Å²) in [7, 11) is 0. The van der Waals surface area contributed by atoms with Crippen LogP contribution in [0.3, 0.4) is 0 Å². The van der Waals surface area contributed by atoms with Gasteiger partial charge in [-0.25, -0.2) is 0 Å². The second-order valence-electron chi connectivity index (χ2n) is 7.61. The fraction of sp³-hybridized carbons (Fsp3) is 0.333. The minimum absolute atomic E-state index is 0.127. The van der Waals surface area contributed by atoms with E-state index in [1.54, 1.807) is 11.0 Å². The summed E-state index contributed by atoms with van der Waals surface area (Å²) in [4.78, 5) is 27.9. The van der Waals surface area contributed by atoms with Crippen LogP contribution in [0, 0.1) is 19.8 Å². The minimum atomic E-state index is -0.603. The van der Waals surface area contributed by atoms with Gasteiger partial charge in [-0.3, -0.25) is 9.59 Å². The third kappa shape index (κ3) is 5.81. The Bertz CT molecular complexity index is 808. The molecule has 2 aromatic carbocycles. The third-order valence-electron chi connectivity index (χ3n) is 4.44. The highest BCUT2D eigenvalue weighted by Crippen LogP contribution is 2.18. The summed E-state index contributed by atoms with van der Waals surface area (Å²) in [6.07, 6.45) is 2.26. The van der Waals surface area contributed by atoms with Crippen LogP contribution >= 0.6 is 0 Å². The van der Waals surface area contributed by atoms with Crippen LogP contribution in [-0.4, -0.2) is 24.4 Å². The highest BCUT2D eigenvalue weighted by molar-refractivity contribution is 6.02. The largest absolute Gasteiger partial charge is 0.340 e. The molecule has 0 saturated carbocycles. The molecule has 0 aliphatic rings. The molecule has 2 rings (SSSR count). The Morgan fingerprint density at radius 2 is 1.68 bits per heavy atom. The van der Waals surface area contributed by atoms with E-state index in [0.717, 1.165) is 16.8 Å². The van der Waals surface area contributed by atoms with Crippen LogP contribution in [0.5, 0.6) is 0 Å². The van der Waals surface area contributed by atoms with Crippen molar-refractivity contribution in [2.75, 3.05) is 11.4 Å². The predicted octanol–water partition coefficient (Wildman–Crippen LogP) is 4.67. The quantitative estimate of drug-likeness (QED) is 0.679. The van der Waals surface area contributed by atoms with E-state index in [-0.39, 0.29) is 17.7 Å². The molecule has 4 nitrogen and oxygen atoms in total. The van der Waals surface area contributed by atoms with E-state index in [2.05, 4.69) is 11.9 Å². The highest BCUT2D eigenvalue weighted by atomic mass is 16.2.